The van der Waals surface area contributed by atoms with Gasteiger partial charge in [0.1, 0.15) is 72.8 Å². The first-order valence-electron chi connectivity index (χ1n) is 37.8. The van der Waals surface area contributed by atoms with Crippen molar-refractivity contribution in [1.82, 2.24) is 74.1 Å². The van der Waals surface area contributed by atoms with E-state index in [2.05, 4.69) is 65.1 Å². The van der Waals surface area contributed by atoms with Crippen molar-refractivity contribution < 1.29 is 121 Å². The smallest absolute Gasteiger partial charge is 0.337 e. The number of aromatic nitrogens is 1. The number of Topliss-reactive ketones (excluding diaryl/α,β-unsaturated/α-hetero) is 1. The second kappa shape index (κ2) is 47.5. The third-order valence-corrected chi connectivity index (χ3v) is 18.6. The van der Waals surface area contributed by atoms with Gasteiger partial charge in [-0.3, -0.25) is 86.3 Å². The molecule has 0 radical (unpaired) electrons. The Labute approximate surface area is 675 Å². The van der Waals surface area contributed by atoms with Crippen molar-refractivity contribution in [3.05, 3.63) is 101 Å². The van der Waals surface area contributed by atoms with Crippen LogP contribution in [0, 0.1) is 5.92 Å². The third kappa shape index (κ3) is 30.5. The summed E-state index contributed by atoms with van der Waals surface area (Å²) in [4.78, 5) is 278. The van der Waals surface area contributed by atoms with E-state index in [4.69, 9.17) is 21.9 Å². The number of unbranched alkanes of at least 4 members (excludes halogenated alkanes) is 5. The predicted molar refractivity (Wildman–Crippen MR) is 414 cm³/mol. The molecule has 1 fully saturated rings. The summed E-state index contributed by atoms with van der Waals surface area (Å²) >= 11 is 0. The molecule has 3 aromatic carbocycles. The third-order valence-electron chi connectivity index (χ3n) is 18.6. The second-order valence-electron chi connectivity index (χ2n) is 27.9. The highest BCUT2D eigenvalue weighted by atomic mass is 16.5. The number of benzene rings is 3. The number of carboxylic acid groups (broad SMARTS) is 3. The summed E-state index contributed by atoms with van der Waals surface area (Å²) < 4.78 is 5.64. The largest absolute Gasteiger partial charge is 0.481 e. The maximum atomic E-state index is 14.9. The number of carboxylic acids is 3. The standard InChI is InChI=1S/C76H101N17O25/c1-5-6-7-8-9-10-16-41-22-24-42(25-23-41)66(107)88-50(30-43-34-80-47-20-14-12-17-44(43)47)70(111)89-51(31-55(79)96)71(112)90-53(33-60(103)104)72(113)92-62-40(4)118-76(117)63(64(105)45-18-11-13-19-46(45)78)93-75(116)61(38(2)29-58(99)100)91-73(114)54(37-95)85-57(98)35-81-67(108)52(32-59(101)102)87-65(106)39(3)83-68(109)49(26-28-94)86-69(110)48(21-15-27-77)84-56(97)36-82-74(62)115/h11-14,17-20,22-25,28,34,38-40,48-54,61-63,80,95H,5-10,15-16,21,26-27,29-33,35-37,77-78H2,1-4H3,(H2,79,96)(H,81,108)(H,82,115)(H,83,109)(H,84,97)(H,85,98)(H,86,110)(H,87,106)(H,88,107)(H,89,111)(H,90,112)(H,91,114)(H,92,113)(H,93,116)(H,99,100)(H,101,102)(H,103,104)/t38-,39-,40-,48+,49+,50+,51-,52+,53+,54-,61+,62+,63?/m1/s1. The lowest BCUT2D eigenvalue weighted by atomic mass is 9.95. The highest BCUT2D eigenvalue weighted by Gasteiger charge is 2.42. The number of carbonyl (C=O) groups excluding carboxylic acids is 17. The molecule has 5 rings (SSSR count). The molecular weight excluding hydrogens is 1550 g/mol. The van der Waals surface area contributed by atoms with Gasteiger partial charge in [0.15, 0.2) is 11.8 Å². The van der Waals surface area contributed by atoms with Gasteiger partial charge in [0.05, 0.1) is 45.4 Å². The molecule has 1 aliphatic rings. The first kappa shape index (κ1) is 95.3. The van der Waals surface area contributed by atoms with Crippen LogP contribution in [0.4, 0.5) is 5.69 Å². The number of carbonyl (C=O) groups is 20. The van der Waals surface area contributed by atoms with Gasteiger partial charge in [-0.2, -0.15) is 0 Å². The number of aliphatic hydroxyl groups excluding tert-OH is 1. The number of cyclic esters (lactones) is 1. The van der Waals surface area contributed by atoms with Crippen molar-refractivity contribution in [3.8, 4) is 0 Å². The van der Waals surface area contributed by atoms with Gasteiger partial charge in [0.2, 0.25) is 76.8 Å². The monoisotopic (exact) mass is 1650 g/mol. The van der Waals surface area contributed by atoms with Crippen LogP contribution in [0.2, 0.25) is 0 Å². The Morgan fingerprint density at radius 1 is 0.593 bits per heavy atom. The van der Waals surface area contributed by atoms with E-state index in [1.54, 1.807) is 54.7 Å². The van der Waals surface area contributed by atoms with Crippen LogP contribution in [0.25, 0.3) is 10.9 Å². The molecule has 1 aromatic heterocycles. The van der Waals surface area contributed by atoms with Crippen LogP contribution in [0.5, 0.6) is 0 Å². The van der Waals surface area contributed by atoms with E-state index in [9.17, 15) is 116 Å². The summed E-state index contributed by atoms with van der Waals surface area (Å²) in [6.45, 7) is 1.24. The Kier molecular flexibility index (Phi) is 38.4. The molecule has 1 unspecified atom stereocenters. The van der Waals surface area contributed by atoms with Crippen LogP contribution < -0.4 is 86.3 Å². The first-order chi connectivity index (χ1) is 56.0. The number of fused-ring (bicyclic) bond motifs is 1. The van der Waals surface area contributed by atoms with E-state index in [-0.39, 0.29) is 43.3 Å². The molecule has 42 heteroatoms. The fraction of sp³-hybridized carbons (Fsp3) is 0.474. The number of nitrogens with one attached hydrogen (secondary N) is 14. The molecule has 1 aliphatic heterocycles. The Balaban J connectivity index is 1.59. The lowest BCUT2D eigenvalue weighted by Gasteiger charge is -2.30. The number of aliphatic carboxylic acids is 3. The number of amides is 14. The Morgan fingerprint density at radius 2 is 1.18 bits per heavy atom. The average molecular weight is 1650 g/mol. The maximum Gasteiger partial charge on any atom is 0.337 e. The normalized spacial score (nSPS) is 20.9. The molecule has 0 bridgehead atoms. The van der Waals surface area contributed by atoms with Crippen molar-refractivity contribution in [2.24, 2.45) is 17.4 Å². The number of hydrogen-bond acceptors (Lipinski definition) is 24. The van der Waals surface area contributed by atoms with Gasteiger partial charge in [0.25, 0.3) is 5.91 Å². The summed E-state index contributed by atoms with van der Waals surface area (Å²) in [5, 5.41) is 69.0. The number of esters is 1. The molecule has 0 saturated carbocycles. The molecule has 42 nitrogen and oxygen atoms in total. The highest BCUT2D eigenvalue weighted by molar-refractivity contribution is 6.16. The Morgan fingerprint density at radius 3 is 1.80 bits per heavy atom. The number of anilines is 1. The number of primary amides is 1. The minimum absolute atomic E-state index is 0.0526. The number of H-pyrrole nitrogens is 1. The number of aromatic amines is 1. The van der Waals surface area contributed by atoms with Gasteiger partial charge >= 0.3 is 23.9 Å². The van der Waals surface area contributed by atoms with E-state index >= 15 is 0 Å². The number of aliphatic hydroxyl groups is 1. The van der Waals surface area contributed by atoms with Crippen LogP contribution in [0.3, 0.4) is 0 Å². The zero-order valence-electron chi connectivity index (χ0n) is 65.1. The van der Waals surface area contributed by atoms with Gasteiger partial charge in [-0.1, -0.05) is 88.4 Å². The first-order valence-corrected chi connectivity index (χ1v) is 37.8. The molecule has 13 atom stereocenters. The fourth-order valence-corrected chi connectivity index (χ4v) is 12.2. The van der Waals surface area contributed by atoms with E-state index < -0.39 is 248 Å². The van der Waals surface area contributed by atoms with Crippen LogP contribution in [0.1, 0.15) is 143 Å². The van der Waals surface area contributed by atoms with E-state index in [0.717, 1.165) is 83.4 Å². The number of rotatable bonds is 34. The highest BCUT2D eigenvalue weighted by Crippen LogP contribution is 2.22. The van der Waals surface area contributed by atoms with Crippen molar-refractivity contribution in [2.45, 2.75) is 197 Å². The van der Waals surface area contributed by atoms with Crippen molar-refractivity contribution in [2.75, 3.05) is 32.0 Å². The number of ketones is 1. The average Bonchev–Trinajstić information content (AvgIpc) is 1.50. The lowest BCUT2D eigenvalue weighted by molar-refractivity contribution is -0.155. The van der Waals surface area contributed by atoms with Crippen LogP contribution in [-0.2, 0) is 104 Å². The molecule has 4 aromatic rings. The van der Waals surface area contributed by atoms with Gasteiger partial charge < -0.3 is 121 Å². The minimum Gasteiger partial charge on any atom is -0.481 e. The SMILES string of the molecule is CCCCCCCCc1ccc(C(=O)N[C@@H](Cc2c[nH]c3ccccc23)C(=O)N[C@H](CC(N)=O)C(=O)N[C@@H](CC(=O)O)C(=O)N[C@@H]2C(=O)NCC(=O)N[C@@H](CCCN)C(=O)N[C@@H](CC=O)C(=O)N[C@H](C)C(=O)N[C@@H](CC(=O)O)C(=O)NCC(=O)N[C@H](CO)C(=O)N[C@@H]([C@H](C)CC(=O)O)C(=O)NC(C(=O)c3ccccc3N)C(=O)O[C@@H]2C)cc1. The van der Waals surface area contributed by atoms with Gasteiger partial charge in [-0.05, 0) is 93.5 Å². The molecule has 14 amide bonds. The molecular formula is C76H101N17O25. The Hall–Kier alpha value is -13.3. The van der Waals surface area contributed by atoms with Crippen molar-refractivity contribution >= 4 is 135 Å². The zero-order valence-corrected chi connectivity index (χ0v) is 65.1. The van der Waals surface area contributed by atoms with Gasteiger partial charge in [0, 0.05) is 46.8 Å². The molecule has 640 valence electrons. The van der Waals surface area contributed by atoms with E-state index in [1.165, 1.54) is 12.1 Å². The van der Waals surface area contributed by atoms with Crippen LogP contribution >= 0.6 is 0 Å². The molecule has 0 aliphatic carbocycles. The maximum absolute atomic E-state index is 14.9. The number of ether oxygens (including phenoxy) is 1. The molecule has 118 heavy (non-hydrogen) atoms. The Bertz CT molecular complexity index is 4330. The summed E-state index contributed by atoms with van der Waals surface area (Å²) in [5.74, 6) is -28.6. The molecule has 24 N–H and O–H groups in total. The minimum atomic E-state index is -2.70. The number of nitrogen functional groups attached to an aromatic ring is 1. The number of aldehydes is 1. The quantitative estimate of drug-likeness (QED) is 0.00521. The van der Waals surface area contributed by atoms with Crippen molar-refractivity contribution in [1.29, 1.82) is 0 Å². The van der Waals surface area contributed by atoms with E-state index in [1.807, 2.05) is 16.0 Å². The number of hydrogen-bond donors (Lipinski definition) is 21. The zero-order chi connectivity index (χ0) is 87.5. The summed E-state index contributed by atoms with van der Waals surface area (Å²) in [5.41, 5.74) is 18.8. The summed E-state index contributed by atoms with van der Waals surface area (Å²) in [6.07, 6.45) is 0.447. The van der Waals surface area contributed by atoms with E-state index in [0.29, 0.717) is 16.5 Å². The number of para-hydroxylation sites is 2. The molecule has 2 heterocycles. The predicted octanol–water partition coefficient (Wildman–Crippen LogP) is -4.82. The summed E-state index contributed by atoms with van der Waals surface area (Å²) in [7, 11) is 0. The lowest BCUT2D eigenvalue weighted by Crippen LogP contribution is -2.62. The van der Waals surface area contributed by atoms with Gasteiger partial charge in [-0.15, -0.1) is 0 Å². The fourth-order valence-electron chi connectivity index (χ4n) is 12.2. The van der Waals surface area contributed by atoms with Gasteiger partial charge in [-0.25, -0.2) is 4.79 Å². The topological polar surface area (TPSA) is 682 Å². The summed E-state index contributed by atoms with van der Waals surface area (Å²) in [6, 6.07) is -4.49. The number of nitrogens with two attached hydrogens (primary N) is 3. The van der Waals surface area contributed by atoms with Crippen molar-refractivity contribution in [3.63, 3.8) is 0 Å². The van der Waals surface area contributed by atoms with Crippen LogP contribution in [0.15, 0.2) is 79.0 Å². The van der Waals surface area contributed by atoms with Crippen LogP contribution in [-0.4, -0.2) is 243 Å². The molecule has 0 spiro atoms. The number of aryl methyl sites for hydroxylation is 1. The second-order valence-corrected chi connectivity index (χ2v) is 27.9. The molecule has 1 saturated heterocycles.